The monoisotopic (exact) mass is 187 g/mol. The maximum atomic E-state index is 11.5. The van der Waals surface area contributed by atoms with Crippen molar-refractivity contribution in [1.29, 1.82) is 0 Å². The summed E-state index contributed by atoms with van der Waals surface area (Å²) in [6, 6.07) is 0. The normalized spacial score (nSPS) is 34.7. The lowest BCUT2D eigenvalue weighted by Crippen LogP contribution is -2.51. The Bertz CT molecular complexity index is 201. The first kappa shape index (κ1) is 8.36. The van der Waals surface area contributed by atoms with Crippen LogP contribution in [0.1, 0.15) is 13.3 Å². The predicted octanol–water partition coefficient (Wildman–Crippen LogP) is 1.34. The molecule has 2 unspecified atom stereocenters. The summed E-state index contributed by atoms with van der Waals surface area (Å²) in [5.74, 6) is 2.60. The van der Waals surface area contributed by atoms with Gasteiger partial charge in [-0.3, -0.25) is 4.79 Å². The van der Waals surface area contributed by atoms with E-state index in [1.807, 2.05) is 4.90 Å². The molecule has 1 saturated heterocycles. The van der Waals surface area contributed by atoms with Gasteiger partial charge in [0.25, 0.3) is 0 Å². The molecule has 0 aromatic rings. The van der Waals surface area contributed by atoms with Gasteiger partial charge in [0.1, 0.15) is 0 Å². The van der Waals surface area contributed by atoms with E-state index in [-0.39, 0.29) is 0 Å². The summed E-state index contributed by atoms with van der Waals surface area (Å²) in [7, 11) is 0. The third-order valence-electron chi connectivity index (χ3n) is 2.91. The van der Waals surface area contributed by atoms with E-state index in [2.05, 4.69) is 6.92 Å². The number of halogens is 1. The predicted molar refractivity (Wildman–Crippen MR) is 48.1 cm³/mol. The van der Waals surface area contributed by atoms with E-state index in [0.717, 1.165) is 19.5 Å². The Morgan fingerprint density at radius 1 is 1.58 bits per heavy atom. The van der Waals surface area contributed by atoms with E-state index in [0.29, 0.717) is 29.5 Å². The van der Waals surface area contributed by atoms with E-state index < -0.39 is 0 Å². The largest absolute Gasteiger partial charge is 0.342 e. The Labute approximate surface area is 77.9 Å². The van der Waals surface area contributed by atoms with Gasteiger partial charge in [-0.1, -0.05) is 6.92 Å². The summed E-state index contributed by atoms with van der Waals surface area (Å²) in [5, 5.41) is 0. The van der Waals surface area contributed by atoms with E-state index in [9.17, 15) is 4.79 Å². The SMILES string of the molecule is CC1CC1C(=O)N1CC(CCl)C1. The van der Waals surface area contributed by atoms with Crippen LogP contribution in [0.2, 0.25) is 0 Å². The lowest BCUT2D eigenvalue weighted by molar-refractivity contribution is -0.138. The van der Waals surface area contributed by atoms with E-state index in [1.54, 1.807) is 0 Å². The van der Waals surface area contributed by atoms with Crippen LogP contribution >= 0.6 is 11.6 Å². The molecule has 0 bridgehead atoms. The van der Waals surface area contributed by atoms with Gasteiger partial charge in [-0.25, -0.2) is 0 Å². The fraction of sp³-hybridized carbons (Fsp3) is 0.889. The van der Waals surface area contributed by atoms with Crippen LogP contribution in [0.15, 0.2) is 0 Å². The van der Waals surface area contributed by atoms with Crippen LogP contribution in [0.25, 0.3) is 0 Å². The topological polar surface area (TPSA) is 20.3 Å². The van der Waals surface area contributed by atoms with Crippen LogP contribution in [-0.2, 0) is 4.79 Å². The van der Waals surface area contributed by atoms with E-state index in [4.69, 9.17) is 11.6 Å². The van der Waals surface area contributed by atoms with Gasteiger partial charge in [0, 0.05) is 30.8 Å². The minimum Gasteiger partial charge on any atom is -0.342 e. The maximum absolute atomic E-state index is 11.5. The first-order valence-corrected chi connectivity index (χ1v) is 5.10. The lowest BCUT2D eigenvalue weighted by Gasteiger charge is -2.38. The van der Waals surface area contributed by atoms with Gasteiger partial charge in [0.05, 0.1) is 0 Å². The summed E-state index contributed by atoms with van der Waals surface area (Å²) in [5.41, 5.74) is 0. The molecular weight excluding hydrogens is 174 g/mol. The maximum Gasteiger partial charge on any atom is 0.225 e. The van der Waals surface area contributed by atoms with Crippen molar-refractivity contribution in [3.63, 3.8) is 0 Å². The molecule has 0 N–H and O–H groups in total. The molecule has 1 aliphatic heterocycles. The van der Waals surface area contributed by atoms with Crippen molar-refractivity contribution in [3.8, 4) is 0 Å². The number of carbonyl (C=O) groups excluding carboxylic acids is 1. The second-order valence-corrected chi connectivity index (χ2v) is 4.39. The van der Waals surface area contributed by atoms with Crippen LogP contribution in [0, 0.1) is 17.8 Å². The zero-order chi connectivity index (χ0) is 8.72. The summed E-state index contributed by atoms with van der Waals surface area (Å²) < 4.78 is 0. The molecule has 2 aliphatic rings. The number of hydrogen-bond donors (Lipinski definition) is 0. The highest BCUT2D eigenvalue weighted by molar-refractivity contribution is 6.18. The number of amides is 1. The fourth-order valence-electron chi connectivity index (χ4n) is 1.75. The van der Waals surface area contributed by atoms with Crippen LogP contribution in [0.4, 0.5) is 0 Å². The van der Waals surface area contributed by atoms with Crippen molar-refractivity contribution in [2.24, 2.45) is 17.8 Å². The minimum absolute atomic E-state index is 0.348. The number of alkyl halides is 1. The van der Waals surface area contributed by atoms with Crippen molar-refractivity contribution in [3.05, 3.63) is 0 Å². The highest BCUT2D eigenvalue weighted by Crippen LogP contribution is 2.40. The van der Waals surface area contributed by atoms with Gasteiger partial charge >= 0.3 is 0 Å². The first-order valence-electron chi connectivity index (χ1n) is 4.57. The Hall–Kier alpha value is -0.240. The highest BCUT2D eigenvalue weighted by atomic mass is 35.5. The molecule has 1 amide bonds. The van der Waals surface area contributed by atoms with Gasteiger partial charge in [-0.05, 0) is 12.3 Å². The van der Waals surface area contributed by atoms with Gasteiger partial charge < -0.3 is 4.90 Å². The number of hydrogen-bond acceptors (Lipinski definition) is 1. The molecule has 0 spiro atoms. The first-order chi connectivity index (χ1) is 5.72. The molecule has 2 atom stereocenters. The Balaban J connectivity index is 1.77. The molecule has 1 heterocycles. The van der Waals surface area contributed by atoms with Crippen molar-refractivity contribution < 1.29 is 4.79 Å². The molecule has 2 nitrogen and oxygen atoms in total. The zero-order valence-electron chi connectivity index (χ0n) is 7.29. The molecule has 68 valence electrons. The summed E-state index contributed by atoms with van der Waals surface area (Å²) in [6.45, 7) is 3.93. The van der Waals surface area contributed by atoms with Crippen LogP contribution < -0.4 is 0 Å². The van der Waals surface area contributed by atoms with Crippen LogP contribution in [0.3, 0.4) is 0 Å². The lowest BCUT2D eigenvalue weighted by atomic mass is 10.0. The number of likely N-dealkylation sites (tertiary alicyclic amines) is 1. The molecule has 1 aliphatic carbocycles. The van der Waals surface area contributed by atoms with E-state index in [1.165, 1.54) is 0 Å². The highest BCUT2D eigenvalue weighted by Gasteiger charge is 2.44. The molecule has 0 aromatic carbocycles. The van der Waals surface area contributed by atoms with Crippen molar-refractivity contribution >= 4 is 17.5 Å². The van der Waals surface area contributed by atoms with Crippen molar-refractivity contribution in [2.75, 3.05) is 19.0 Å². The quantitative estimate of drug-likeness (QED) is 0.598. The summed E-state index contributed by atoms with van der Waals surface area (Å²) in [6.07, 6.45) is 1.10. The second-order valence-electron chi connectivity index (χ2n) is 4.08. The minimum atomic E-state index is 0.348. The Morgan fingerprint density at radius 3 is 2.58 bits per heavy atom. The smallest absolute Gasteiger partial charge is 0.225 e. The number of rotatable bonds is 2. The van der Waals surface area contributed by atoms with Crippen molar-refractivity contribution in [2.45, 2.75) is 13.3 Å². The van der Waals surface area contributed by atoms with Crippen LogP contribution in [-0.4, -0.2) is 29.8 Å². The van der Waals surface area contributed by atoms with Gasteiger partial charge in [-0.15, -0.1) is 11.6 Å². The Kier molecular flexibility index (Phi) is 2.03. The van der Waals surface area contributed by atoms with Crippen LogP contribution in [0.5, 0.6) is 0 Å². The molecule has 12 heavy (non-hydrogen) atoms. The third-order valence-corrected chi connectivity index (χ3v) is 3.35. The molecule has 3 heteroatoms. The number of carbonyl (C=O) groups is 1. The molecule has 0 aromatic heterocycles. The van der Waals surface area contributed by atoms with Gasteiger partial charge in [0.2, 0.25) is 5.91 Å². The van der Waals surface area contributed by atoms with Gasteiger partial charge in [0.15, 0.2) is 0 Å². The standard InChI is InChI=1S/C9H14ClNO/c1-6-2-8(6)9(12)11-4-7(3-10)5-11/h6-8H,2-5H2,1H3. The molecular formula is C9H14ClNO. The molecule has 2 rings (SSSR count). The average molecular weight is 188 g/mol. The zero-order valence-corrected chi connectivity index (χ0v) is 8.05. The average Bonchev–Trinajstić information content (AvgIpc) is 2.64. The summed E-state index contributed by atoms with van der Waals surface area (Å²) in [4.78, 5) is 13.5. The number of nitrogens with zero attached hydrogens (tertiary/aromatic N) is 1. The second kappa shape index (κ2) is 2.91. The van der Waals surface area contributed by atoms with Crippen molar-refractivity contribution in [1.82, 2.24) is 4.90 Å². The van der Waals surface area contributed by atoms with Gasteiger partial charge in [-0.2, -0.15) is 0 Å². The Morgan fingerprint density at radius 2 is 2.17 bits per heavy atom. The molecule has 1 saturated carbocycles. The molecule has 2 fully saturated rings. The third kappa shape index (κ3) is 1.33. The van der Waals surface area contributed by atoms with E-state index >= 15 is 0 Å². The molecule has 0 radical (unpaired) electrons. The fourth-order valence-corrected chi connectivity index (χ4v) is 1.94. The summed E-state index contributed by atoms with van der Waals surface area (Å²) >= 11 is 5.66.